The molecule has 1 aromatic rings. The Hall–Kier alpha value is -0.560. The molecule has 3 rings (SSSR count). The normalized spacial score (nSPS) is 24.1. The highest BCUT2D eigenvalue weighted by atomic mass is 35.5. The van der Waals surface area contributed by atoms with Crippen molar-refractivity contribution in [1.29, 1.82) is 0 Å². The highest BCUT2D eigenvalue weighted by Gasteiger charge is 2.23. The Morgan fingerprint density at radius 3 is 2.70 bits per heavy atom. The van der Waals surface area contributed by atoms with Crippen LogP contribution in [0.25, 0.3) is 0 Å². The lowest BCUT2D eigenvalue weighted by atomic mass is 10.2. The number of amidine groups is 1. The molecule has 0 saturated heterocycles. The van der Waals surface area contributed by atoms with Gasteiger partial charge in [0.05, 0.1) is 33.1 Å². The molecule has 1 aromatic carbocycles. The van der Waals surface area contributed by atoms with Crippen LogP contribution in [0.3, 0.4) is 0 Å². The third kappa shape index (κ3) is 2.74. The van der Waals surface area contributed by atoms with Crippen LogP contribution >= 0.6 is 35.0 Å². The van der Waals surface area contributed by atoms with Crippen molar-refractivity contribution in [1.82, 2.24) is 0 Å². The van der Waals surface area contributed by atoms with Crippen molar-refractivity contribution in [2.75, 3.05) is 5.32 Å². The lowest BCUT2D eigenvalue weighted by Crippen LogP contribution is -2.22. The van der Waals surface area contributed by atoms with E-state index in [9.17, 15) is 0 Å². The molecule has 2 aliphatic heterocycles. The Labute approximate surface area is 135 Å². The maximum atomic E-state index is 6.28. The SMILES string of the molecule is CC1CC(C)SC(Nc2c(Cl)cc(Cl)c3c2N=S=N3)=N1. The van der Waals surface area contributed by atoms with Gasteiger partial charge in [-0.15, -0.1) is 0 Å². The fraction of sp³-hybridized carbons (Fsp3) is 0.417. The summed E-state index contributed by atoms with van der Waals surface area (Å²) < 4.78 is 8.48. The standard InChI is InChI=1S/C12H12Cl2N4S2/c1-5-3-6(2)19-12(15-5)16-9-7(13)4-8(14)10-11(9)18-20-17-10/h4-6H,3H2,1-2H3,(H,15,16). The van der Waals surface area contributed by atoms with Gasteiger partial charge in [0.15, 0.2) is 5.17 Å². The van der Waals surface area contributed by atoms with Crippen LogP contribution in [0.15, 0.2) is 19.8 Å². The number of thioether (sulfide) groups is 1. The van der Waals surface area contributed by atoms with Gasteiger partial charge in [-0.1, -0.05) is 41.9 Å². The molecule has 0 spiro atoms. The van der Waals surface area contributed by atoms with Crippen LogP contribution in [0.4, 0.5) is 17.1 Å². The zero-order valence-corrected chi connectivity index (χ0v) is 14.0. The fourth-order valence-electron chi connectivity index (χ4n) is 2.16. The first-order valence-corrected chi connectivity index (χ1v) is 8.53. The Morgan fingerprint density at radius 1 is 1.20 bits per heavy atom. The number of nitrogens with one attached hydrogen (secondary N) is 1. The van der Waals surface area contributed by atoms with Gasteiger partial charge in [0.1, 0.15) is 11.4 Å². The quantitative estimate of drug-likeness (QED) is 0.751. The van der Waals surface area contributed by atoms with Gasteiger partial charge in [-0.25, -0.2) is 0 Å². The number of anilines is 1. The molecule has 20 heavy (non-hydrogen) atoms. The van der Waals surface area contributed by atoms with E-state index in [0.29, 0.717) is 32.7 Å². The second-order valence-electron chi connectivity index (χ2n) is 4.75. The molecule has 0 amide bonds. The highest BCUT2D eigenvalue weighted by molar-refractivity contribution is 8.14. The van der Waals surface area contributed by atoms with E-state index in [0.717, 1.165) is 28.6 Å². The van der Waals surface area contributed by atoms with E-state index in [1.54, 1.807) is 17.8 Å². The smallest absolute Gasteiger partial charge is 0.161 e. The molecule has 106 valence electrons. The molecule has 1 N–H and O–H groups in total. The lowest BCUT2D eigenvalue weighted by molar-refractivity contribution is 0.661. The van der Waals surface area contributed by atoms with Crippen LogP contribution in [-0.2, 0) is 11.4 Å². The van der Waals surface area contributed by atoms with Gasteiger partial charge in [0, 0.05) is 5.25 Å². The number of nitrogens with zero attached hydrogens (tertiary/aromatic N) is 3. The molecular weight excluding hydrogens is 335 g/mol. The summed E-state index contributed by atoms with van der Waals surface area (Å²) in [6, 6.07) is 2.00. The van der Waals surface area contributed by atoms with Crippen LogP contribution in [0.5, 0.6) is 0 Å². The second-order valence-corrected chi connectivity index (χ2v) is 7.52. The number of hydrogen-bond acceptors (Lipinski definition) is 5. The van der Waals surface area contributed by atoms with E-state index >= 15 is 0 Å². The van der Waals surface area contributed by atoms with E-state index in [1.165, 1.54) is 0 Å². The number of aliphatic imine (C=N–C) groups is 1. The summed E-state index contributed by atoms with van der Waals surface area (Å²) >= 11 is 15.2. The Morgan fingerprint density at radius 2 is 1.95 bits per heavy atom. The van der Waals surface area contributed by atoms with Gasteiger partial charge in [-0.2, -0.15) is 8.73 Å². The minimum atomic E-state index is 0.309. The summed E-state index contributed by atoms with van der Waals surface area (Å²) in [6.45, 7) is 4.31. The van der Waals surface area contributed by atoms with Crippen LogP contribution in [0.2, 0.25) is 10.0 Å². The second kappa shape index (κ2) is 5.67. The number of fused-ring (bicyclic) bond motifs is 1. The van der Waals surface area contributed by atoms with Crippen molar-refractivity contribution in [2.45, 2.75) is 31.6 Å². The van der Waals surface area contributed by atoms with Crippen LogP contribution < -0.4 is 5.32 Å². The lowest BCUT2D eigenvalue weighted by Gasteiger charge is -2.23. The molecular formula is C12H12Cl2N4S2. The van der Waals surface area contributed by atoms with Gasteiger partial charge in [-0.05, 0) is 19.4 Å². The average molecular weight is 347 g/mol. The number of halogens is 2. The molecule has 4 nitrogen and oxygen atoms in total. The maximum Gasteiger partial charge on any atom is 0.161 e. The summed E-state index contributed by atoms with van der Waals surface area (Å²) in [5.41, 5.74) is 2.10. The third-order valence-corrected chi connectivity index (χ3v) is 5.14. The molecule has 8 heteroatoms. The first-order valence-electron chi connectivity index (χ1n) is 6.16. The molecule has 0 saturated carbocycles. The molecule has 2 unspecified atom stereocenters. The van der Waals surface area contributed by atoms with Crippen LogP contribution in [-0.4, -0.2) is 16.5 Å². The minimum absolute atomic E-state index is 0.309. The summed E-state index contributed by atoms with van der Waals surface area (Å²) in [4.78, 5) is 4.61. The molecule has 0 aliphatic carbocycles. The van der Waals surface area contributed by atoms with Crippen molar-refractivity contribution in [3.8, 4) is 0 Å². The predicted octanol–water partition coefficient (Wildman–Crippen LogP) is 5.40. The van der Waals surface area contributed by atoms with E-state index < -0.39 is 0 Å². The first kappa shape index (κ1) is 14.4. The molecule has 0 radical (unpaired) electrons. The number of benzene rings is 1. The summed E-state index contributed by atoms with van der Waals surface area (Å²) in [5.74, 6) is 0. The van der Waals surface area contributed by atoms with Gasteiger partial charge < -0.3 is 5.32 Å². The Bertz CT molecular complexity index is 668. The van der Waals surface area contributed by atoms with E-state index in [4.69, 9.17) is 23.2 Å². The largest absolute Gasteiger partial charge is 0.332 e. The van der Waals surface area contributed by atoms with Gasteiger partial charge in [0.25, 0.3) is 0 Å². The topological polar surface area (TPSA) is 49.1 Å². The molecule has 2 heterocycles. The molecule has 2 aliphatic rings. The van der Waals surface area contributed by atoms with E-state index in [2.05, 4.69) is 32.9 Å². The van der Waals surface area contributed by atoms with Crippen LogP contribution in [0, 0.1) is 0 Å². The zero-order chi connectivity index (χ0) is 14.3. The zero-order valence-electron chi connectivity index (χ0n) is 10.9. The van der Waals surface area contributed by atoms with Crippen LogP contribution in [0.1, 0.15) is 20.3 Å². The van der Waals surface area contributed by atoms with Crippen molar-refractivity contribution < 1.29 is 0 Å². The number of hydrogen-bond donors (Lipinski definition) is 1. The maximum absolute atomic E-state index is 6.28. The fourth-order valence-corrected chi connectivity index (χ4v) is 4.48. The number of rotatable bonds is 1. The summed E-state index contributed by atoms with van der Waals surface area (Å²) in [7, 11) is 0. The molecule has 0 bridgehead atoms. The van der Waals surface area contributed by atoms with E-state index in [-0.39, 0.29) is 0 Å². The van der Waals surface area contributed by atoms with Crippen molar-refractivity contribution in [3.05, 3.63) is 16.1 Å². The van der Waals surface area contributed by atoms with Crippen molar-refractivity contribution in [2.24, 2.45) is 13.7 Å². The van der Waals surface area contributed by atoms with Gasteiger partial charge >= 0.3 is 0 Å². The van der Waals surface area contributed by atoms with Gasteiger partial charge in [0.2, 0.25) is 0 Å². The predicted molar refractivity (Wildman–Crippen MR) is 90.2 cm³/mol. The molecule has 0 aromatic heterocycles. The van der Waals surface area contributed by atoms with E-state index in [1.807, 2.05) is 0 Å². The molecule has 2 atom stereocenters. The monoisotopic (exact) mass is 346 g/mol. The van der Waals surface area contributed by atoms with Crippen molar-refractivity contribution in [3.63, 3.8) is 0 Å². The molecule has 0 fully saturated rings. The summed E-state index contributed by atoms with van der Waals surface area (Å²) in [5, 5.41) is 5.74. The average Bonchev–Trinajstić information content (AvgIpc) is 2.82. The first-order chi connectivity index (χ1) is 9.54. The van der Waals surface area contributed by atoms with Gasteiger partial charge in [-0.3, -0.25) is 4.99 Å². The third-order valence-electron chi connectivity index (χ3n) is 3.00. The Kier molecular flexibility index (Phi) is 4.08. The Balaban J connectivity index is 1.97. The highest BCUT2D eigenvalue weighted by Crippen LogP contribution is 2.48. The van der Waals surface area contributed by atoms with Crippen molar-refractivity contribution >= 4 is 68.5 Å². The minimum Gasteiger partial charge on any atom is -0.332 e. The summed E-state index contributed by atoms with van der Waals surface area (Å²) in [6.07, 6.45) is 1.08.